The lowest BCUT2D eigenvalue weighted by Gasteiger charge is -2.02. The summed E-state index contributed by atoms with van der Waals surface area (Å²) >= 11 is 0. The van der Waals surface area contributed by atoms with Gasteiger partial charge in [-0.3, -0.25) is 4.79 Å². The number of nitrogens with one attached hydrogen (secondary N) is 1. The lowest BCUT2D eigenvalue weighted by Crippen LogP contribution is -2.25. The van der Waals surface area contributed by atoms with E-state index in [1.165, 1.54) is 24.3 Å². The maximum Gasteiger partial charge on any atom is 0.251 e. The lowest BCUT2D eigenvalue weighted by atomic mass is 10.2. The number of carbonyl (C=O) groups is 1. The number of phenolic OH excluding ortho intramolecular Hbond substituents is 1. The van der Waals surface area contributed by atoms with Crippen LogP contribution in [0.5, 0.6) is 5.75 Å². The zero-order valence-corrected chi connectivity index (χ0v) is 8.05. The summed E-state index contributed by atoms with van der Waals surface area (Å²) in [6.45, 7) is 0.723. The molecule has 0 aliphatic heterocycles. The summed E-state index contributed by atoms with van der Waals surface area (Å²) < 4.78 is 0. The van der Waals surface area contributed by atoms with Crippen molar-refractivity contribution in [2.45, 2.75) is 0 Å². The number of nitrogens with zero attached hydrogens (tertiary/aromatic N) is 2. The maximum absolute atomic E-state index is 11.4. The highest BCUT2D eigenvalue weighted by Gasteiger charge is 2.03. The molecule has 0 fully saturated rings. The van der Waals surface area contributed by atoms with E-state index < -0.39 is 0 Å². The van der Waals surface area contributed by atoms with Gasteiger partial charge in [0.1, 0.15) is 5.75 Å². The molecule has 0 saturated heterocycles. The third-order valence-corrected chi connectivity index (χ3v) is 1.71. The molecule has 0 unspecified atom stereocenters. The molecule has 6 heteroatoms. The van der Waals surface area contributed by atoms with Crippen LogP contribution >= 0.6 is 0 Å². The first-order valence-corrected chi connectivity index (χ1v) is 4.38. The van der Waals surface area contributed by atoms with Gasteiger partial charge in [0, 0.05) is 12.1 Å². The summed E-state index contributed by atoms with van der Waals surface area (Å²) in [4.78, 5) is 11.4. The number of amides is 1. The van der Waals surface area contributed by atoms with Crippen molar-refractivity contribution >= 4 is 5.91 Å². The molecule has 1 amide bonds. The minimum Gasteiger partial charge on any atom is -0.508 e. The fraction of sp³-hybridized carbons (Fsp3) is 0.222. The van der Waals surface area contributed by atoms with Crippen molar-refractivity contribution in [3.8, 4) is 5.75 Å². The quantitative estimate of drug-likeness (QED) is 0.290. The Morgan fingerprint density at radius 2 is 2.07 bits per heavy atom. The average molecular weight is 208 g/mol. The molecule has 1 rings (SSSR count). The highest BCUT2D eigenvalue weighted by atomic mass is 16.3. The van der Waals surface area contributed by atoms with E-state index in [0.29, 0.717) is 18.7 Å². The van der Waals surface area contributed by atoms with Crippen LogP contribution in [0.15, 0.2) is 34.6 Å². The van der Waals surface area contributed by atoms with Crippen molar-refractivity contribution in [2.24, 2.45) is 16.2 Å². The highest BCUT2D eigenvalue weighted by molar-refractivity contribution is 5.94. The monoisotopic (exact) mass is 208 g/mol. The minimum atomic E-state index is -0.220. The summed E-state index contributed by atoms with van der Waals surface area (Å²) in [5.41, 5.74) is 0.484. The van der Waals surface area contributed by atoms with Gasteiger partial charge >= 0.3 is 0 Å². The van der Waals surface area contributed by atoms with E-state index in [1.807, 2.05) is 0 Å². The first kappa shape index (κ1) is 11.0. The van der Waals surface area contributed by atoms with Gasteiger partial charge in [0.25, 0.3) is 5.91 Å². The summed E-state index contributed by atoms with van der Waals surface area (Å²) in [5.74, 6) is 4.70. The second-order valence-corrected chi connectivity index (χ2v) is 2.78. The van der Waals surface area contributed by atoms with E-state index in [1.54, 1.807) is 0 Å². The van der Waals surface area contributed by atoms with E-state index >= 15 is 0 Å². The minimum absolute atomic E-state index is 0.128. The van der Waals surface area contributed by atoms with Crippen molar-refractivity contribution in [3.05, 3.63) is 29.8 Å². The molecule has 0 saturated carbocycles. The van der Waals surface area contributed by atoms with Gasteiger partial charge < -0.3 is 16.3 Å². The van der Waals surface area contributed by atoms with E-state index in [9.17, 15) is 4.79 Å². The lowest BCUT2D eigenvalue weighted by molar-refractivity contribution is 0.0954. The molecule has 0 spiro atoms. The molecule has 80 valence electrons. The molecule has 0 aliphatic rings. The van der Waals surface area contributed by atoms with E-state index in [2.05, 4.69) is 15.7 Å². The molecular formula is C9H12N4O2. The number of phenols is 1. The van der Waals surface area contributed by atoms with E-state index in [4.69, 9.17) is 10.9 Å². The Hall–Kier alpha value is -2.11. The second-order valence-electron chi connectivity index (χ2n) is 2.78. The fourth-order valence-corrected chi connectivity index (χ4v) is 0.992. The number of hydrogen-bond acceptors (Lipinski definition) is 4. The first-order chi connectivity index (χ1) is 7.24. The Labute approximate surface area is 86.8 Å². The Morgan fingerprint density at radius 3 is 2.67 bits per heavy atom. The molecule has 0 bridgehead atoms. The van der Waals surface area contributed by atoms with Crippen molar-refractivity contribution < 1.29 is 9.90 Å². The normalized spacial score (nSPS) is 10.4. The molecule has 0 radical (unpaired) electrons. The zero-order valence-electron chi connectivity index (χ0n) is 8.05. The second kappa shape index (κ2) is 5.58. The van der Waals surface area contributed by atoms with Gasteiger partial charge in [0.2, 0.25) is 0 Å². The summed E-state index contributed by atoms with van der Waals surface area (Å²) in [5, 5.41) is 18.2. The Kier molecular flexibility index (Phi) is 4.08. The van der Waals surface area contributed by atoms with Gasteiger partial charge in [-0.15, -0.1) is 0 Å². The zero-order chi connectivity index (χ0) is 11.1. The van der Waals surface area contributed by atoms with Crippen molar-refractivity contribution in [2.75, 3.05) is 13.1 Å². The molecule has 4 N–H and O–H groups in total. The summed E-state index contributed by atoms with van der Waals surface area (Å²) in [6, 6.07) is 5.98. The van der Waals surface area contributed by atoms with Crippen LogP contribution in [0.3, 0.4) is 0 Å². The molecule has 0 aromatic heterocycles. The van der Waals surface area contributed by atoms with Crippen LogP contribution in [0.4, 0.5) is 0 Å². The molecule has 0 aliphatic carbocycles. The number of hydrogen-bond donors (Lipinski definition) is 3. The third kappa shape index (κ3) is 3.63. The van der Waals surface area contributed by atoms with Crippen LogP contribution < -0.4 is 11.2 Å². The topological polar surface area (TPSA) is 100 Å². The molecule has 6 nitrogen and oxygen atoms in total. The Morgan fingerprint density at radius 1 is 1.40 bits per heavy atom. The smallest absolute Gasteiger partial charge is 0.251 e. The molecular weight excluding hydrogens is 196 g/mol. The van der Waals surface area contributed by atoms with Crippen LogP contribution in [-0.4, -0.2) is 24.1 Å². The third-order valence-electron chi connectivity index (χ3n) is 1.71. The average Bonchev–Trinajstić information content (AvgIpc) is 2.25. The van der Waals surface area contributed by atoms with E-state index in [-0.39, 0.29) is 11.7 Å². The number of aromatic hydroxyl groups is 1. The van der Waals surface area contributed by atoms with Crippen LogP contribution in [-0.2, 0) is 0 Å². The number of benzene rings is 1. The van der Waals surface area contributed by atoms with Gasteiger partial charge in [0.05, 0.1) is 6.54 Å². The molecule has 1 aromatic rings. The van der Waals surface area contributed by atoms with Crippen LogP contribution in [0.2, 0.25) is 0 Å². The van der Waals surface area contributed by atoms with Gasteiger partial charge in [-0.25, -0.2) is 0 Å². The number of rotatable bonds is 4. The molecule has 15 heavy (non-hydrogen) atoms. The van der Waals surface area contributed by atoms with Crippen molar-refractivity contribution in [1.29, 1.82) is 0 Å². The van der Waals surface area contributed by atoms with Crippen molar-refractivity contribution in [3.63, 3.8) is 0 Å². The first-order valence-electron chi connectivity index (χ1n) is 4.38. The van der Waals surface area contributed by atoms with E-state index in [0.717, 1.165) is 0 Å². The van der Waals surface area contributed by atoms with Crippen LogP contribution in [0.25, 0.3) is 0 Å². The Balaban J connectivity index is 2.43. The molecule has 0 atom stereocenters. The van der Waals surface area contributed by atoms with Gasteiger partial charge in [-0.1, -0.05) is 5.22 Å². The predicted molar refractivity (Wildman–Crippen MR) is 54.4 cm³/mol. The van der Waals surface area contributed by atoms with Gasteiger partial charge in [-0.2, -0.15) is 5.11 Å². The van der Waals surface area contributed by atoms with Gasteiger partial charge in [0.15, 0.2) is 0 Å². The number of carbonyl (C=O) groups excluding carboxylic acids is 1. The maximum atomic E-state index is 11.4. The van der Waals surface area contributed by atoms with Gasteiger partial charge in [-0.05, 0) is 24.3 Å². The largest absolute Gasteiger partial charge is 0.508 e. The SMILES string of the molecule is NN=NCCNC(=O)c1ccc(O)cc1. The highest BCUT2D eigenvalue weighted by Crippen LogP contribution is 2.08. The summed E-state index contributed by atoms with van der Waals surface area (Å²) in [6.07, 6.45) is 0. The standard InChI is InChI=1S/C9H12N4O2/c10-13-12-6-5-11-9(15)7-1-3-8(14)4-2-7/h1-4,14H,5-6H2,(H2,10,12)(H,11,15). The van der Waals surface area contributed by atoms with Crippen molar-refractivity contribution in [1.82, 2.24) is 5.32 Å². The molecule has 0 heterocycles. The van der Waals surface area contributed by atoms with Crippen LogP contribution in [0.1, 0.15) is 10.4 Å². The number of nitrogens with two attached hydrogens (primary N) is 1. The molecule has 1 aromatic carbocycles. The predicted octanol–water partition coefficient (Wildman–Crippen LogP) is 0.448. The summed E-state index contributed by atoms with van der Waals surface area (Å²) in [7, 11) is 0. The fourth-order valence-electron chi connectivity index (χ4n) is 0.992. The van der Waals surface area contributed by atoms with Crippen LogP contribution in [0, 0.1) is 0 Å². The Bertz CT molecular complexity index is 348.